The van der Waals surface area contributed by atoms with Gasteiger partial charge >= 0.3 is 0 Å². The van der Waals surface area contributed by atoms with E-state index in [-0.39, 0.29) is 18.6 Å². The van der Waals surface area contributed by atoms with E-state index in [9.17, 15) is 0 Å². The van der Waals surface area contributed by atoms with Crippen molar-refractivity contribution >= 4 is 17.3 Å². The topological polar surface area (TPSA) is 26.0 Å². The van der Waals surface area contributed by atoms with Gasteiger partial charge < -0.3 is 5.73 Å². The molecule has 0 atom stereocenters. The molecule has 0 aromatic heterocycles. The van der Waals surface area contributed by atoms with Crippen LogP contribution in [0.25, 0.3) is 11.6 Å². The Hall–Kier alpha value is -1.44. The van der Waals surface area contributed by atoms with Gasteiger partial charge in [0.15, 0.2) is 0 Å². The van der Waals surface area contributed by atoms with Crippen LogP contribution >= 0.6 is 0 Å². The summed E-state index contributed by atoms with van der Waals surface area (Å²) < 4.78 is 0. The van der Waals surface area contributed by atoms with E-state index in [2.05, 4.69) is 44.2 Å². The third kappa shape index (κ3) is 3.28. The summed E-state index contributed by atoms with van der Waals surface area (Å²) in [6, 6.07) is 16.3. The van der Waals surface area contributed by atoms with Crippen LogP contribution in [0.2, 0.25) is 0 Å². The van der Waals surface area contributed by atoms with Crippen molar-refractivity contribution in [1.82, 2.24) is 0 Å². The molecule has 0 fully saturated rings. The van der Waals surface area contributed by atoms with Crippen molar-refractivity contribution in [3.63, 3.8) is 0 Å². The summed E-state index contributed by atoms with van der Waals surface area (Å²) in [4.78, 5) is 0. The van der Waals surface area contributed by atoms with Crippen molar-refractivity contribution in [1.29, 1.82) is 0 Å². The zero-order chi connectivity index (χ0) is 12.3. The van der Waals surface area contributed by atoms with E-state index in [1.54, 1.807) is 0 Å². The second-order valence-corrected chi connectivity index (χ2v) is 4.27. The minimum Gasteiger partial charge on any atom is -0.398 e. The maximum atomic E-state index is 5.94. The van der Waals surface area contributed by atoms with Crippen LogP contribution in [-0.4, -0.2) is 0 Å². The molecule has 0 saturated heterocycles. The van der Waals surface area contributed by atoms with Crippen LogP contribution in [0.5, 0.6) is 0 Å². The summed E-state index contributed by atoms with van der Waals surface area (Å²) in [5, 5.41) is 0. The molecule has 0 spiro atoms. The molecular weight excluding hydrogens is 257 g/mol. The maximum absolute atomic E-state index is 5.94. The Balaban J connectivity index is 0.00000162. The molecule has 0 aliphatic rings. The zero-order valence-electron chi connectivity index (χ0n) is 10.7. The van der Waals surface area contributed by atoms with Crippen LogP contribution in [0.3, 0.4) is 0 Å². The van der Waals surface area contributed by atoms with Crippen molar-refractivity contribution in [3.8, 4) is 0 Å². The van der Waals surface area contributed by atoms with E-state index in [1.165, 1.54) is 16.7 Å². The molecule has 0 aliphatic carbocycles. The molecule has 2 rings (SSSR count). The van der Waals surface area contributed by atoms with Crippen molar-refractivity contribution in [3.05, 3.63) is 65.2 Å². The Kier molecular flexibility index (Phi) is 5.27. The van der Waals surface area contributed by atoms with Gasteiger partial charge in [-0.05, 0) is 48.3 Å². The van der Waals surface area contributed by atoms with Gasteiger partial charge in [-0.1, -0.05) is 42.5 Å². The number of benzene rings is 2. The predicted octanol–water partition coefficient (Wildman–Crippen LogP) is 4.14. The van der Waals surface area contributed by atoms with Gasteiger partial charge in [0.2, 0.25) is 0 Å². The Morgan fingerprint density at radius 3 is 2.28 bits per heavy atom. The molecule has 2 heteroatoms. The first-order valence-corrected chi connectivity index (χ1v) is 5.77. The van der Waals surface area contributed by atoms with E-state index in [0.29, 0.717) is 0 Å². The van der Waals surface area contributed by atoms with Crippen LogP contribution in [0.4, 0.5) is 5.69 Å². The largest absolute Gasteiger partial charge is 0.398 e. The Labute approximate surface area is 121 Å². The Morgan fingerprint density at radius 2 is 1.61 bits per heavy atom. The second-order valence-electron chi connectivity index (χ2n) is 4.27. The number of allylic oxidation sites excluding steroid dienone is 1. The average Bonchev–Trinajstić information content (AvgIpc) is 2.32. The van der Waals surface area contributed by atoms with Gasteiger partial charge in [-0.2, -0.15) is 0 Å². The van der Waals surface area contributed by atoms with E-state index in [1.807, 2.05) is 24.3 Å². The van der Waals surface area contributed by atoms with Gasteiger partial charge in [-0.3, -0.25) is 0 Å². The van der Waals surface area contributed by atoms with E-state index in [4.69, 9.17) is 5.73 Å². The maximum Gasteiger partial charge on any atom is 0.0387 e. The molecule has 18 heavy (non-hydrogen) atoms. The molecule has 0 amide bonds. The third-order valence-electron chi connectivity index (χ3n) is 2.94. The number of hydrogen-bond acceptors (Lipinski definition) is 1. The summed E-state index contributed by atoms with van der Waals surface area (Å²) in [6.07, 6.45) is 2.14. The van der Waals surface area contributed by atoms with E-state index < -0.39 is 0 Å². The number of nitrogens with two attached hydrogens (primary N) is 1. The summed E-state index contributed by atoms with van der Waals surface area (Å²) in [6.45, 7) is 4.25. The molecular formula is C16H17NV. The zero-order valence-corrected chi connectivity index (χ0v) is 12.1. The predicted molar refractivity (Wildman–Crippen MR) is 75.6 cm³/mol. The molecule has 2 N–H and O–H groups in total. The molecule has 2 aromatic rings. The Bertz CT molecular complexity index is 559. The molecule has 0 unspecified atom stereocenters. The van der Waals surface area contributed by atoms with E-state index in [0.717, 1.165) is 11.3 Å². The number of hydrogen-bond donors (Lipinski definition) is 1. The monoisotopic (exact) mass is 274 g/mol. The van der Waals surface area contributed by atoms with Crippen LogP contribution in [-0.2, 0) is 18.6 Å². The number of nitrogen functional groups attached to an aromatic ring is 1. The molecule has 0 saturated carbocycles. The molecule has 0 bridgehead atoms. The van der Waals surface area contributed by atoms with Gasteiger partial charge in [-0.25, -0.2) is 0 Å². The number of aryl methyl sites for hydroxylation is 1. The minimum absolute atomic E-state index is 0. The fourth-order valence-electron chi connectivity index (χ4n) is 1.97. The first-order valence-electron chi connectivity index (χ1n) is 5.77. The number of rotatable bonds is 2. The van der Waals surface area contributed by atoms with Crippen LogP contribution < -0.4 is 5.73 Å². The molecule has 1 radical (unpaired) electrons. The van der Waals surface area contributed by atoms with Crippen molar-refractivity contribution in [2.45, 2.75) is 13.8 Å². The molecule has 2 aromatic carbocycles. The van der Waals surface area contributed by atoms with Crippen LogP contribution in [0.15, 0.2) is 48.5 Å². The molecule has 91 valence electrons. The quantitative estimate of drug-likeness (QED) is 0.646. The first kappa shape index (κ1) is 14.6. The SMILES string of the molecule is C/C(=C/c1ccccc1N)c1ccccc1C.[V]. The smallest absolute Gasteiger partial charge is 0.0387 e. The normalized spacial score (nSPS) is 10.9. The van der Waals surface area contributed by atoms with Gasteiger partial charge in [0.05, 0.1) is 0 Å². The summed E-state index contributed by atoms with van der Waals surface area (Å²) in [5.41, 5.74) is 11.6. The van der Waals surface area contributed by atoms with Gasteiger partial charge in [0.1, 0.15) is 0 Å². The number of anilines is 1. The Morgan fingerprint density at radius 1 is 1.00 bits per heavy atom. The van der Waals surface area contributed by atoms with Crippen molar-refractivity contribution in [2.75, 3.05) is 5.73 Å². The first-order chi connectivity index (χ1) is 8.18. The molecule has 0 aliphatic heterocycles. The molecule has 1 nitrogen and oxygen atoms in total. The second kappa shape index (κ2) is 6.48. The summed E-state index contributed by atoms with van der Waals surface area (Å²) in [7, 11) is 0. The summed E-state index contributed by atoms with van der Waals surface area (Å²) in [5.74, 6) is 0. The van der Waals surface area contributed by atoms with Crippen LogP contribution in [0.1, 0.15) is 23.6 Å². The van der Waals surface area contributed by atoms with Crippen LogP contribution in [0, 0.1) is 6.92 Å². The third-order valence-corrected chi connectivity index (χ3v) is 2.94. The fraction of sp³-hybridized carbons (Fsp3) is 0.125. The van der Waals surface area contributed by atoms with Crippen molar-refractivity contribution in [2.24, 2.45) is 0 Å². The van der Waals surface area contributed by atoms with Gasteiger partial charge in [-0.15, -0.1) is 0 Å². The van der Waals surface area contributed by atoms with Crippen molar-refractivity contribution < 1.29 is 18.6 Å². The average molecular weight is 274 g/mol. The van der Waals surface area contributed by atoms with Gasteiger partial charge in [0.25, 0.3) is 0 Å². The molecule has 0 heterocycles. The minimum atomic E-state index is 0. The number of para-hydroxylation sites is 1. The fourth-order valence-corrected chi connectivity index (χ4v) is 1.97. The summed E-state index contributed by atoms with van der Waals surface area (Å²) >= 11 is 0. The standard InChI is InChI=1S/C16H17N.V/c1-12-7-3-5-9-15(12)13(2)11-14-8-4-6-10-16(14)17;/h3-11H,17H2,1-2H3;/b13-11-;. The van der Waals surface area contributed by atoms with Gasteiger partial charge in [0, 0.05) is 24.2 Å². The van der Waals surface area contributed by atoms with E-state index >= 15 is 0 Å².